The van der Waals surface area contributed by atoms with Crippen LogP contribution in [0.15, 0.2) is 122 Å². The van der Waals surface area contributed by atoms with Crippen LogP contribution in [0.25, 0.3) is 20.5 Å². The number of fused-ring (bicyclic) bond motifs is 1. The van der Waals surface area contributed by atoms with Crippen molar-refractivity contribution in [2.75, 3.05) is 13.6 Å². The van der Waals surface area contributed by atoms with Gasteiger partial charge in [0.15, 0.2) is 0 Å². The van der Waals surface area contributed by atoms with Crippen molar-refractivity contribution in [1.29, 1.82) is 0 Å². The van der Waals surface area contributed by atoms with E-state index in [0.29, 0.717) is 95.9 Å². The monoisotopic (exact) mass is 902 g/mol. The number of esters is 6. The van der Waals surface area contributed by atoms with E-state index in [-0.39, 0.29) is 13.6 Å². The number of carbonyl (C=O) groups excluding carboxylic acids is 6. The summed E-state index contributed by atoms with van der Waals surface area (Å²) in [6.07, 6.45) is 5.60. The predicted molar refractivity (Wildman–Crippen MR) is 237 cm³/mol. The maximum Gasteiger partial charge on any atom is 0.333 e. The second-order valence-electron chi connectivity index (χ2n) is 15.4. The van der Waals surface area contributed by atoms with Crippen LogP contribution in [-0.4, -0.2) is 49.4 Å². The van der Waals surface area contributed by atoms with Gasteiger partial charge in [0.05, 0.1) is 28.4 Å². The van der Waals surface area contributed by atoms with Gasteiger partial charge in [-0.15, -0.1) is 11.3 Å². The summed E-state index contributed by atoms with van der Waals surface area (Å²) >= 11 is 1.42. The average molecular weight is 903 g/mol. The molecule has 15 heteroatoms. The van der Waals surface area contributed by atoms with E-state index in [9.17, 15) is 28.8 Å². The van der Waals surface area contributed by atoms with Gasteiger partial charge in [-0.3, -0.25) is 19.2 Å². The Morgan fingerprint density at radius 1 is 0.492 bits per heavy atom. The smallest absolute Gasteiger partial charge is 0.333 e. The molecular formula is C50H46O14S. The fourth-order valence-electron chi connectivity index (χ4n) is 7.54. The largest absolute Gasteiger partial charge is 0.457 e. The van der Waals surface area contributed by atoms with Crippen LogP contribution in [0.3, 0.4) is 0 Å². The van der Waals surface area contributed by atoms with Gasteiger partial charge in [-0.05, 0) is 124 Å². The summed E-state index contributed by atoms with van der Waals surface area (Å²) < 4.78 is 44.2. The van der Waals surface area contributed by atoms with Crippen molar-refractivity contribution in [1.82, 2.24) is 0 Å². The Morgan fingerprint density at radius 2 is 0.877 bits per heavy atom. The molecule has 0 N–H and O–H groups in total. The lowest BCUT2D eigenvalue weighted by Crippen LogP contribution is -2.30. The Kier molecular flexibility index (Phi) is 15.4. The first-order valence-electron chi connectivity index (χ1n) is 21.1. The third kappa shape index (κ3) is 12.3. The third-order valence-electron chi connectivity index (χ3n) is 11.1. The lowest BCUT2D eigenvalue weighted by atomic mass is 9.82. The molecule has 4 aromatic carbocycles. The molecule has 0 radical (unpaired) electrons. The van der Waals surface area contributed by atoms with Gasteiger partial charge < -0.3 is 37.9 Å². The van der Waals surface area contributed by atoms with E-state index in [2.05, 4.69) is 13.2 Å². The molecule has 0 atom stereocenters. The molecule has 2 saturated carbocycles. The van der Waals surface area contributed by atoms with E-state index in [1.807, 2.05) is 36.4 Å². The van der Waals surface area contributed by atoms with E-state index in [1.54, 1.807) is 60.7 Å². The van der Waals surface area contributed by atoms with Gasteiger partial charge in [0.25, 0.3) is 0 Å². The molecule has 336 valence electrons. The van der Waals surface area contributed by atoms with Gasteiger partial charge in [-0.25, -0.2) is 9.59 Å². The standard InChI is InChI=1S/C50H46O14S/c1-3-44(51)59-29-57-36-18-22-38(23-19-36)61-47(53)32-10-14-34(15-11-32)49(55)63-41-26-27-42(46-40(41)28-43(65-46)31-8-6-5-7-9-31)64-50(56)35-16-12-33(13-17-35)48(54)62-39-24-20-37(21-25-39)58-30-60-45(52)4-2/h3-9,18-28,32-35H,1-2,10-17,29-30H2. The molecule has 0 spiro atoms. The topological polar surface area (TPSA) is 176 Å². The maximum absolute atomic E-state index is 13.6. The molecule has 2 aliphatic rings. The molecule has 5 aromatic rings. The van der Waals surface area contributed by atoms with Crippen LogP contribution in [0.2, 0.25) is 0 Å². The highest BCUT2D eigenvalue weighted by atomic mass is 32.1. The van der Waals surface area contributed by atoms with Crippen molar-refractivity contribution in [2.24, 2.45) is 23.7 Å². The van der Waals surface area contributed by atoms with Crippen molar-refractivity contribution in [3.63, 3.8) is 0 Å². The van der Waals surface area contributed by atoms with Crippen molar-refractivity contribution < 1.29 is 66.7 Å². The number of hydrogen-bond donors (Lipinski definition) is 0. The molecule has 1 heterocycles. The lowest BCUT2D eigenvalue weighted by molar-refractivity contribution is -0.145. The minimum absolute atomic E-state index is 0.284. The van der Waals surface area contributed by atoms with Gasteiger partial charge in [0, 0.05) is 22.4 Å². The normalized spacial score (nSPS) is 18.0. The highest BCUT2D eigenvalue weighted by Crippen LogP contribution is 2.44. The Morgan fingerprint density at radius 3 is 1.31 bits per heavy atom. The van der Waals surface area contributed by atoms with Crippen LogP contribution in [0, 0.1) is 23.7 Å². The molecule has 2 fully saturated rings. The molecule has 14 nitrogen and oxygen atoms in total. The summed E-state index contributed by atoms with van der Waals surface area (Å²) in [5.41, 5.74) is 0.949. The number of benzene rings is 4. The first kappa shape index (κ1) is 45.8. The van der Waals surface area contributed by atoms with Crippen molar-refractivity contribution in [3.05, 3.63) is 122 Å². The zero-order valence-corrected chi connectivity index (χ0v) is 36.1. The Balaban J connectivity index is 0.922. The van der Waals surface area contributed by atoms with Crippen molar-refractivity contribution in [3.8, 4) is 44.9 Å². The van der Waals surface area contributed by atoms with Gasteiger partial charge in [0.1, 0.15) is 34.5 Å². The molecule has 0 unspecified atom stereocenters. The second-order valence-corrected chi connectivity index (χ2v) is 16.4. The predicted octanol–water partition coefficient (Wildman–Crippen LogP) is 9.33. The first-order chi connectivity index (χ1) is 31.6. The van der Waals surface area contributed by atoms with Gasteiger partial charge in [0.2, 0.25) is 13.6 Å². The van der Waals surface area contributed by atoms with Crippen LogP contribution in [0.5, 0.6) is 34.5 Å². The summed E-state index contributed by atoms with van der Waals surface area (Å²) in [5, 5.41) is 0.626. The van der Waals surface area contributed by atoms with Gasteiger partial charge in [-0.1, -0.05) is 43.5 Å². The Hall–Kier alpha value is -7.26. The fourth-order valence-corrected chi connectivity index (χ4v) is 8.67. The van der Waals surface area contributed by atoms with Gasteiger partial charge >= 0.3 is 35.8 Å². The summed E-state index contributed by atoms with van der Waals surface area (Å²) in [6, 6.07) is 27.6. The molecule has 0 aliphatic heterocycles. The number of ether oxygens (including phenoxy) is 8. The number of hydrogen-bond acceptors (Lipinski definition) is 15. The van der Waals surface area contributed by atoms with Crippen molar-refractivity contribution in [2.45, 2.75) is 51.4 Å². The Bertz CT molecular complexity index is 2360. The number of carbonyl (C=O) groups is 6. The van der Waals surface area contributed by atoms with Crippen LogP contribution in [0.4, 0.5) is 0 Å². The zero-order valence-electron chi connectivity index (χ0n) is 35.3. The molecule has 65 heavy (non-hydrogen) atoms. The van der Waals surface area contributed by atoms with E-state index in [1.165, 1.54) is 11.3 Å². The minimum atomic E-state index is -0.608. The van der Waals surface area contributed by atoms with Crippen LogP contribution in [0.1, 0.15) is 51.4 Å². The summed E-state index contributed by atoms with van der Waals surface area (Å²) in [5.74, 6) is -2.25. The number of rotatable bonds is 17. The molecule has 0 bridgehead atoms. The Labute approximate surface area is 378 Å². The van der Waals surface area contributed by atoms with E-state index in [0.717, 1.165) is 22.6 Å². The second kappa shape index (κ2) is 21.9. The highest BCUT2D eigenvalue weighted by molar-refractivity contribution is 7.22. The highest BCUT2D eigenvalue weighted by Gasteiger charge is 2.34. The van der Waals surface area contributed by atoms with Crippen LogP contribution in [-0.2, 0) is 38.2 Å². The molecule has 0 saturated heterocycles. The summed E-state index contributed by atoms with van der Waals surface area (Å²) in [7, 11) is 0. The van der Waals surface area contributed by atoms with Crippen LogP contribution < -0.4 is 28.4 Å². The number of thiophene rings is 1. The molecule has 2 aliphatic carbocycles. The van der Waals surface area contributed by atoms with E-state index < -0.39 is 59.5 Å². The summed E-state index contributed by atoms with van der Waals surface area (Å²) in [4.78, 5) is 76.6. The van der Waals surface area contributed by atoms with E-state index in [4.69, 9.17) is 37.9 Å². The molecule has 7 rings (SSSR count). The molecule has 1 aromatic heterocycles. The molecule has 0 amide bonds. The average Bonchev–Trinajstić information content (AvgIpc) is 3.80. The fraction of sp³-hybridized carbons (Fsp3) is 0.280. The minimum Gasteiger partial charge on any atom is -0.457 e. The quantitative estimate of drug-likeness (QED) is 0.0373. The van der Waals surface area contributed by atoms with Gasteiger partial charge in [-0.2, -0.15) is 0 Å². The first-order valence-corrected chi connectivity index (χ1v) is 21.9. The van der Waals surface area contributed by atoms with E-state index >= 15 is 0 Å². The lowest BCUT2D eigenvalue weighted by Gasteiger charge is -2.26. The summed E-state index contributed by atoms with van der Waals surface area (Å²) in [6.45, 7) is 6.08. The van der Waals surface area contributed by atoms with Crippen molar-refractivity contribution >= 4 is 57.2 Å². The molecular weight excluding hydrogens is 857 g/mol. The third-order valence-corrected chi connectivity index (χ3v) is 12.3. The van der Waals surface area contributed by atoms with Crippen LogP contribution >= 0.6 is 11.3 Å². The maximum atomic E-state index is 13.6. The zero-order chi connectivity index (χ0) is 45.7. The SMILES string of the molecule is C=CC(=O)OCOc1ccc(OC(=O)C2CCC(C(=O)Oc3ccc(OC(=O)C4CCC(C(=O)Oc5ccc(OCOC(=O)C=C)cc5)CC4)c4sc(-c5ccccc5)cc34)CC2)cc1.